The third-order valence-corrected chi connectivity index (χ3v) is 5.18. The van der Waals surface area contributed by atoms with E-state index in [1.165, 1.54) is 24.3 Å². The van der Waals surface area contributed by atoms with E-state index in [9.17, 15) is 23.3 Å². The van der Waals surface area contributed by atoms with Gasteiger partial charge in [0.25, 0.3) is 11.6 Å². The first kappa shape index (κ1) is 17.4. The Morgan fingerprint density at radius 1 is 1.42 bits per heavy atom. The van der Waals surface area contributed by atoms with Gasteiger partial charge in [-0.1, -0.05) is 12.1 Å². The number of carbonyl (C=O) groups is 1. The summed E-state index contributed by atoms with van der Waals surface area (Å²) in [6.07, 6.45) is 1.53. The Kier molecular flexibility index (Phi) is 5.15. The van der Waals surface area contributed by atoms with Gasteiger partial charge in [-0.25, -0.2) is 8.42 Å². The third-order valence-electron chi connectivity index (χ3n) is 3.41. The van der Waals surface area contributed by atoms with E-state index in [0.717, 1.165) is 6.20 Å². The molecule has 1 heterocycles. The fourth-order valence-electron chi connectivity index (χ4n) is 2.20. The lowest BCUT2D eigenvalue weighted by atomic mass is 10.2. The van der Waals surface area contributed by atoms with Gasteiger partial charge in [-0.05, 0) is 12.5 Å². The van der Waals surface area contributed by atoms with E-state index in [1.807, 2.05) is 0 Å². The summed E-state index contributed by atoms with van der Waals surface area (Å²) in [6, 6.07) is 6.87. The van der Waals surface area contributed by atoms with Crippen LogP contribution in [0.1, 0.15) is 6.42 Å². The van der Waals surface area contributed by atoms with E-state index in [2.05, 4.69) is 10.6 Å². The third kappa shape index (κ3) is 4.30. The number of nitriles is 1. The highest BCUT2D eigenvalue weighted by atomic mass is 32.2. The maximum atomic E-state index is 12.1. The predicted octanol–water partition coefficient (Wildman–Crippen LogP) is 0.717. The number of hydrogen-bond donors (Lipinski definition) is 2. The molecule has 2 rings (SSSR count). The lowest BCUT2D eigenvalue weighted by Gasteiger charge is -2.09. The standard InChI is InChI=1S/C14H14N4O5S/c15-7-10(8-16-11-5-6-24(22,23)9-11)14(19)17-12-3-1-2-4-13(12)18(20)21/h1-4,8,11,16H,5-6,9H2,(H,17,19)/b10-8-. The van der Waals surface area contributed by atoms with Gasteiger partial charge in [0.05, 0.1) is 16.4 Å². The number of hydrogen-bond acceptors (Lipinski definition) is 7. The second-order valence-corrected chi connectivity index (χ2v) is 7.39. The Morgan fingerprint density at radius 2 is 2.12 bits per heavy atom. The minimum atomic E-state index is -3.08. The maximum Gasteiger partial charge on any atom is 0.292 e. The van der Waals surface area contributed by atoms with Crippen LogP contribution in [0.2, 0.25) is 0 Å². The summed E-state index contributed by atoms with van der Waals surface area (Å²) in [6.45, 7) is 0. The van der Waals surface area contributed by atoms with Crippen LogP contribution in [0.15, 0.2) is 36.0 Å². The van der Waals surface area contributed by atoms with Crippen molar-refractivity contribution in [3.05, 3.63) is 46.2 Å². The van der Waals surface area contributed by atoms with Crippen molar-refractivity contribution in [1.29, 1.82) is 5.26 Å². The van der Waals surface area contributed by atoms with E-state index in [-0.39, 0.29) is 34.5 Å². The number of carbonyl (C=O) groups excluding carboxylic acids is 1. The van der Waals surface area contributed by atoms with Crippen molar-refractivity contribution in [3.63, 3.8) is 0 Å². The molecule has 0 spiro atoms. The Morgan fingerprint density at radius 3 is 2.71 bits per heavy atom. The van der Waals surface area contributed by atoms with Crippen LogP contribution in [0.25, 0.3) is 0 Å². The molecule has 2 N–H and O–H groups in total. The highest BCUT2D eigenvalue weighted by Crippen LogP contribution is 2.23. The average molecular weight is 350 g/mol. The van der Waals surface area contributed by atoms with E-state index < -0.39 is 20.7 Å². The molecule has 1 unspecified atom stereocenters. The summed E-state index contributed by atoms with van der Waals surface area (Å²) in [4.78, 5) is 22.3. The van der Waals surface area contributed by atoms with E-state index in [1.54, 1.807) is 6.07 Å². The summed E-state index contributed by atoms with van der Waals surface area (Å²) in [5, 5.41) is 25.0. The van der Waals surface area contributed by atoms with Crippen molar-refractivity contribution in [2.24, 2.45) is 0 Å². The topological polar surface area (TPSA) is 142 Å². The number of nitrogens with one attached hydrogen (secondary N) is 2. The zero-order valence-corrected chi connectivity index (χ0v) is 13.2. The second-order valence-electron chi connectivity index (χ2n) is 5.16. The number of benzene rings is 1. The van der Waals surface area contributed by atoms with Crippen LogP contribution in [-0.4, -0.2) is 36.8 Å². The van der Waals surface area contributed by atoms with Gasteiger partial charge >= 0.3 is 0 Å². The largest absolute Gasteiger partial charge is 0.386 e. The number of amides is 1. The smallest absolute Gasteiger partial charge is 0.292 e. The molecule has 0 aliphatic carbocycles. The molecule has 1 aromatic carbocycles. The molecule has 0 radical (unpaired) electrons. The Bertz CT molecular complexity index is 841. The SMILES string of the molecule is N#C/C(=C/NC1CCS(=O)(=O)C1)C(=O)Nc1ccccc1[N+](=O)[O-]. The number of rotatable bonds is 5. The summed E-state index contributed by atoms with van der Waals surface area (Å²) >= 11 is 0. The molecule has 1 saturated heterocycles. The molecular weight excluding hydrogens is 336 g/mol. The first-order valence-corrected chi connectivity index (χ1v) is 8.76. The number of anilines is 1. The van der Waals surface area contributed by atoms with Crippen LogP contribution in [0.5, 0.6) is 0 Å². The lowest BCUT2D eigenvalue weighted by molar-refractivity contribution is -0.383. The van der Waals surface area contributed by atoms with Gasteiger partial charge in [0.15, 0.2) is 9.84 Å². The number of para-hydroxylation sites is 2. The van der Waals surface area contributed by atoms with Crippen LogP contribution in [-0.2, 0) is 14.6 Å². The summed E-state index contributed by atoms with van der Waals surface area (Å²) < 4.78 is 22.7. The maximum absolute atomic E-state index is 12.1. The fraction of sp³-hybridized carbons (Fsp3) is 0.286. The van der Waals surface area contributed by atoms with Gasteiger partial charge in [0.2, 0.25) is 0 Å². The van der Waals surface area contributed by atoms with Crippen molar-refractivity contribution in [2.75, 3.05) is 16.8 Å². The molecule has 1 aliphatic rings. The monoisotopic (exact) mass is 350 g/mol. The molecule has 24 heavy (non-hydrogen) atoms. The molecule has 1 aromatic rings. The van der Waals surface area contributed by atoms with Crippen LogP contribution < -0.4 is 10.6 Å². The molecule has 0 aromatic heterocycles. The first-order chi connectivity index (χ1) is 11.3. The Balaban J connectivity index is 2.09. The van der Waals surface area contributed by atoms with E-state index >= 15 is 0 Å². The van der Waals surface area contributed by atoms with Crippen molar-refractivity contribution < 1.29 is 18.1 Å². The number of nitro groups is 1. The molecule has 0 bridgehead atoms. The van der Waals surface area contributed by atoms with Crippen LogP contribution in [0.3, 0.4) is 0 Å². The van der Waals surface area contributed by atoms with E-state index in [4.69, 9.17) is 5.26 Å². The van der Waals surface area contributed by atoms with Crippen molar-refractivity contribution >= 4 is 27.1 Å². The number of sulfone groups is 1. The number of nitro benzene ring substituents is 1. The summed E-state index contributed by atoms with van der Waals surface area (Å²) in [7, 11) is -3.08. The molecule has 126 valence electrons. The highest BCUT2D eigenvalue weighted by molar-refractivity contribution is 7.91. The zero-order chi connectivity index (χ0) is 17.7. The van der Waals surface area contributed by atoms with Gasteiger partial charge < -0.3 is 10.6 Å². The zero-order valence-electron chi connectivity index (χ0n) is 12.4. The fourth-order valence-corrected chi connectivity index (χ4v) is 3.89. The first-order valence-electron chi connectivity index (χ1n) is 6.94. The van der Waals surface area contributed by atoms with Crippen molar-refractivity contribution in [1.82, 2.24) is 5.32 Å². The number of nitrogens with zero attached hydrogens (tertiary/aromatic N) is 2. The average Bonchev–Trinajstić information content (AvgIpc) is 2.87. The van der Waals surface area contributed by atoms with Crippen LogP contribution >= 0.6 is 0 Å². The van der Waals surface area contributed by atoms with Gasteiger partial charge in [0, 0.05) is 18.3 Å². The Hall–Kier alpha value is -2.93. The van der Waals surface area contributed by atoms with Crippen LogP contribution in [0, 0.1) is 21.4 Å². The molecule has 9 nitrogen and oxygen atoms in total. The Labute approximate surface area is 138 Å². The molecule has 1 atom stereocenters. The van der Waals surface area contributed by atoms with Crippen molar-refractivity contribution in [2.45, 2.75) is 12.5 Å². The van der Waals surface area contributed by atoms with Gasteiger partial charge in [0.1, 0.15) is 17.3 Å². The summed E-state index contributed by atoms with van der Waals surface area (Å²) in [5.74, 6) is -0.822. The van der Waals surface area contributed by atoms with Crippen molar-refractivity contribution in [3.8, 4) is 6.07 Å². The normalized spacial score (nSPS) is 19.3. The molecule has 1 aliphatic heterocycles. The summed E-state index contributed by atoms with van der Waals surface area (Å²) in [5.41, 5.74) is -0.632. The quantitative estimate of drug-likeness (QED) is 0.345. The minimum Gasteiger partial charge on any atom is -0.386 e. The molecule has 10 heteroatoms. The highest BCUT2D eigenvalue weighted by Gasteiger charge is 2.27. The van der Waals surface area contributed by atoms with Gasteiger partial charge in [-0.3, -0.25) is 14.9 Å². The van der Waals surface area contributed by atoms with E-state index in [0.29, 0.717) is 6.42 Å². The molecule has 1 amide bonds. The van der Waals surface area contributed by atoms with Gasteiger partial charge in [-0.2, -0.15) is 5.26 Å². The predicted molar refractivity (Wildman–Crippen MR) is 85.6 cm³/mol. The molecular formula is C14H14N4O5S. The minimum absolute atomic E-state index is 0.0305. The molecule has 0 saturated carbocycles. The second kappa shape index (κ2) is 7.10. The molecule has 1 fully saturated rings. The van der Waals surface area contributed by atoms with Gasteiger partial charge in [-0.15, -0.1) is 0 Å². The van der Waals surface area contributed by atoms with Crippen LogP contribution in [0.4, 0.5) is 11.4 Å². The lowest BCUT2D eigenvalue weighted by Crippen LogP contribution is -2.27.